The second-order valence-electron chi connectivity index (χ2n) is 7.17. The molecular weight excluding hydrogens is 304 g/mol. The maximum absolute atomic E-state index is 11.9. The van der Waals surface area contributed by atoms with Gasteiger partial charge in [-0.1, -0.05) is 31.7 Å². The van der Waals surface area contributed by atoms with Gasteiger partial charge in [0.05, 0.1) is 0 Å². The minimum atomic E-state index is 0.255. The van der Waals surface area contributed by atoms with Crippen molar-refractivity contribution in [2.75, 3.05) is 26.2 Å². The summed E-state index contributed by atoms with van der Waals surface area (Å²) in [6.45, 7) is 4.15. The van der Waals surface area contributed by atoms with Gasteiger partial charge in [-0.15, -0.1) is 11.3 Å². The first-order valence-electron chi connectivity index (χ1n) is 9.33. The SMILES string of the molecule is O=C(CCC1CCCC1)NCCN1CCC(c2cccs2)CC1. The van der Waals surface area contributed by atoms with Crippen molar-refractivity contribution in [3.63, 3.8) is 0 Å². The molecule has 0 bridgehead atoms. The number of likely N-dealkylation sites (tertiary alicyclic amines) is 1. The van der Waals surface area contributed by atoms with Crippen LogP contribution in [0.5, 0.6) is 0 Å². The third-order valence-corrected chi connectivity index (χ3v) is 6.57. The zero-order valence-corrected chi connectivity index (χ0v) is 15.0. The zero-order valence-electron chi connectivity index (χ0n) is 14.1. The summed E-state index contributed by atoms with van der Waals surface area (Å²) in [7, 11) is 0. The molecule has 4 heteroatoms. The van der Waals surface area contributed by atoms with Crippen LogP contribution in [0.1, 0.15) is 62.2 Å². The van der Waals surface area contributed by atoms with Crippen LogP contribution >= 0.6 is 11.3 Å². The van der Waals surface area contributed by atoms with Crippen LogP contribution in [0.3, 0.4) is 0 Å². The Morgan fingerprint density at radius 2 is 2.00 bits per heavy atom. The Labute approximate surface area is 144 Å². The second-order valence-corrected chi connectivity index (χ2v) is 8.15. The molecule has 1 N–H and O–H groups in total. The molecule has 1 saturated carbocycles. The summed E-state index contributed by atoms with van der Waals surface area (Å²) in [5.41, 5.74) is 0. The van der Waals surface area contributed by atoms with Gasteiger partial charge in [-0.2, -0.15) is 0 Å². The number of amides is 1. The number of carbonyl (C=O) groups is 1. The molecule has 1 amide bonds. The van der Waals surface area contributed by atoms with E-state index in [0.717, 1.165) is 37.8 Å². The second kappa shape index (κ2) is 8.84. The minimum absolute atomic E-state index is 0.255. The Balaban J connectivity index is 1.25. The van der Waals surface area contributed by atoms with Crippen LogP contribution in [0.4, 0.5) is 0 Å². The van der Waals surface area contributed by atoms with E-state index < -0.39 is 0 Å². The first-order valence-corrected chi connectivity index (χ1v) is 10.2. The fourth-order valence-electron chi connectivity index (χ4n) is 4.04. The van der Waals surface area contributed by atoms with E-state index in [-0.39, 0.29) is 5.91 Å². The first-order chi connectivity index (χ1) is 11.3. The lowest BCUT2D eigenvalue weighted by Crippen LogP contribution is -2.39. The average molecular weight is 335 g/mol. The molecule has 0 atom stereocenters. The summed E-state index contributed by atoms with van der Waals surface area (Å²) in [4.78, 5) is 16.0. The molecular formula is C19H30N2OS. The van der Waals surface area contributed by atoms with Crippen molar-refractivity contribution in [1.29, 1.82) is 0 Å². The Kier molecular flexibility index (Phi) is 6.52. The quantitative estimate of drug-likeness (QED) is 0.817. The molecule has 23 heavy (non-hydrogen) atoms. The summed E-state index contributed by atoms with van der Waals surface area (Å²) in [5, 5.41) is 5.30. The van der Waals surface area contributed by atoms with Gasteiger partial charge in [0.2, 0.25) is 5.91 Å². The van der Waals surface area contributed by atoms with Crippen molar-refractivity contribution in [3.05, 3.63) is 22.4 Å². The normalized spacial score (nSPS) is 20.9. The standard InChI is InChI=1S/C19H30N2OS/c22-19(8-7-16-4-1-2-5-16)20-11-14-21-12-9-17(10-13-21)18-6-3-15-23-18/h3,6,15-17H,1-2,4-5,7-14H2,(H,20,22). The number of rotatable bonds is 7. The van der Waals surface area contributed by atoms with Crippen LogP contribution in [0.15, 0.2) is 17.5 Å². The van der Waals surface area contributed by atoms with E-state index >= 15 is 0 Å². The van der Waals surface area contributed by atoms with Crippen LogP contribution in [0.2, 0.25) is 0 Å². The number of nitrogens with one attached hydrogen (secondary N) is 1. The van der Waals surface area contributed by atoms with E-state index in [1.165, 1.54) is 51.6 Å². The van der Waals surface area contributed by atoms with E-state index in [1.54, 1.807) is 4.88 Å². The molecule has 0 aromatic carbocycles. The fourth-order valence-corrected chi connectivity index (χ4v) is 4.94. The van der Waals surface area contributed by atoms with Gasteiger partial charge in [-0.3, -0.25) is 4.79 Å². The Bertz CT molecular complexity index is 460. The average Bonchev–Trinajstić information content (AvgIpc) is 3.27. The lowest BCUT2D eigenvalue weighted by atomic mass is 9.95. The molecule has 0 radical (unpaired) electrons. The third kappa shape index (κ3) is 5.32. The Morgan fingerprint density at radius 3 is 2.70 bits per heavy atom. The molecule has 2 heterocycles. The first kappa shape index (κ1) is 17.0. The summed E-state index contributed by atoms with van der Waals surface area (Å²) in [5.74, 6) is 1.83. The van der Waals surface area contributed by atoms with Gasteiger partial charge < -0.3 is 10.2 Å². The largest absolute Gasteiger partial charge is 0.355 e. The van der Waals surface area contributed by atoms with Crippen LogP contribution in [-0.2, 0) is 4.79 Å². The minimum Gasteiger partial charge on any atom is -0.355 e. The van der Waals surface area contributed by atoms with Gasteiger partial charge in [0.25, 0.3) is 0 Å². The molecule has 0 spiro atoms. The molecule has 3 rings (SSSR count). The molecule has 2 fully saturated rings. The van der Waals surface area contributed by atoms with Gasteiger partial charge in [-0.25, -0.2) is 0 Å². The van der Waals surface area contributed by atoms with Crippen molar-refractivity contribution in [3.8, 4) is 0 Å². The Hall–Kier alpha value is -0.870. The van der Waals surface area contributed by atoms with Gasteiger partial charge in [-0.05, 0) is 55.6 Å². The number of hydrogen-bond donors (Lipinski definition) is 1. The van der Waals surface area contributed by atoms with E-state index in [9.17, 15) is 4.79 Å². The number of thiophene rings is 1. The topological polar surface area (TPSA) is 32.3 Å². The lowest BCUT2D eigenvalue weighted by Gasteiger charge is -2.31. The summed E-state index contributed by atoms with van der Waals surface area (Å²) in [6.07, 6.45) is 9.76. The van der Waals surface area contributed by atoms with Gasteiger partial charge in [0, 0.05) is 24.4 Å². The van der Waals surface area contributed by atoms with Crippen LogP contribution in [0, 0.1) is 5.92 Å². The number of hydrogen-bond acceptors (Lipinski definition) is 3. The van der Waals surface area contributed by atoms with Crippen molar-refractivity contribution in [2.24, 2.45) is 5.92 Å². The number of piperidine rings is 1. The monoisotopic (exact) mass is 334 g/mol. The molecule has 1 saturated heterocycles. The summed E-state index contributed by atoms with van der Waals surface area (Å²) >= 11 is 1.89. The predicted octanol–water partition coefficient (Wildman–Crippen LogP) is 4.01. The zero-order chi connectivity index (χ0) is 15.9. The maximum Gasteiger partial charge on any atom is 0.220 e. The highest BCUT2D eigenvalue weighted by atomic mass is 32.1. The van der Waals surface area contributed by atoms with Crippen molar-refractivity contribution in [1.82, 2.24) is 10.2 Å². The van der Waals surface area contributed by atoms with E-state index in [1.807, 2.05) is 11.3 Å². The van der Waals surface area contributed by atoms with E-state index in [4.69, 9.17) is 0 Å². The molecule has 0 unspecified atom stereocenters. The molecule has 1 aromatic heterocycles. The van der Waals surface area contributed by atoms with Gasteiger partial charge >= 0.3 is 0 Å². The van der Waals surface area contributed by atoms with Gasteiger partial charge in [0.15, 0.2) is 0 Å². The van der Waals surface area contributed by atoms with Crippen LogP contribution < -0.4 is 5.32 Å². The summed E-state index contributed by atoms with van der Waals surface area (Å²) < 4.78 is 0. The molecule has 128 valence electrons. The number of carbonyl (C=O) groups excluding carboxylic acids is 1. The molecule has 3 nitrogen and oxygen atoms in total. The van der Waals surface area contributed by atoms with E-state index in [2.05, 4.69) is 27.7 Å². The third-order valence-electron chi connectivity index (χ3n) is 5.54. The molecule has 1 aliphatic heterocycles. The maximum atomic E-state index is 11.9. The van der Waals surface area contributed by atoms with Crippen LogP contribution in [0.25, 0.3) is 0 Å². The van der Waals surface area contributed by atoms with Crippen LogP contribution in [-0.4, -0.2) is 37.0 Å². The van der Waals surface area contributed by atoms with E-state index in [0.29, 0.717) is 0 Å². The highest BCUT2D eigenvalue weighted by Gasteiger charge is 2.21. The highest BCUT2D eigenvalue weighted by molar-refractivity contribution is 7.10. The molecule has 1 aliphatic carbocycles. The Morgan fingerprint density at radius 1 is 1.22 bits per heavy atom. The predicted molar refractivity (Wildman–Crippen MR) is 96.9 cm³/mol. The number of nitrogens with zero attached hydrogens (tertiary/aromatic N) is 1. The fraction of sp³-hybridized carbons (Fsp3) is 0.737. The van der Waals surface area contributed by atoms with Crippen molar-refractivity contribution in [2.45, 2.75) is 57.3 Å². The van der Waals surface area contributed by atoms with Crippen molar-refractivity contribution >= 4 is 17.2 Å². The van der Waals surface area contributed by atoms with Gasteiger partial charge in [0.1, 0.15) is 0 Å². The summed E-state index contributed by atoms with van der Waals surface area (Å²) in [6, 6.07) is 4.43. The molecule has 2 aliphatic rings. The highest BCUT2D eigenvalue weighted by Crippen LogP contribution is 2.31. The van der Waals surface area contributed by atoms with Crippen molar-refractivity contribution < 1.29 is 4.79 Å². The lowest BCUT2D eigenvalue weighted by molar-refractivity contribution is -0.121. The smallest absolute Gasteiger partial charge is 0.220 e. The molecule has 1 aromatic rings.